The number of benzene rings is 1. The lowest BCUT2D eigenvalue weighted by Gasteiger charge is -2.33. The molecule has 6 heteroatoms. The number of anilines is 1. The Morgan fingerprint density at radius 3 is 2.24 bits per heavy atom. The number of thioether (sulfide) groups is 1. The molecule has 2 atom stereocenters. The van der Waals surface area contributed by atoms with Gasteiger partial charge in [-0.3, -0.25) is 0 Å². The molecule has 0 heterocycles. The molecule has 0 bridgehead atoms. The van der Waals surface area contributed by atoms with E-state index in [1.807, 2.05) is 0 Å². The summed E-state index contributed by atoms with van der Waals surface area (Å²) in [6, 6.07) is 6.06. The second kappa shape index (κ2) is 4.78. The third-order valence-corrected chi connectivity index (χ3v) is 3.42. The zero-order chi connectivity index (χ0) is 12.5. The van der Waals surface area contributed by atoms with Gasteiger partial charge in [-0.2, -0.15) is 13.2 Å². The molecule has 1 saturated carbocycles. The number of aliphatic hydroxyl groups excluding tert-OH is 1. The van der Waals surface area contributed by atoms with Crippen LogP contribution in [0, 0.1) is 0 Å². The average Bonchev–Trinajstić information content (AvgIpc) is 2.24. The van der Waals surface area contributed by atoms with E-state index < -0.39 is 5.51 Å². The van der Waals surface area contributed by atoms with Crippen molar-refractivity contribution in [3.05, 3.63) is 24.3 Å². The zero-order valence-electron chi connectivity index (χ0n) is 8.87. The second-order valence-electron chi connectivity index (χ2n) is 3.97. The highest BCUT2D eigenvalue weighted by molar-refractivity contribution is 8.00. The highest BCUT2D eigenvalue weighted by atomic mass is 32.2. The summed E-state index contributed by atoms with van der Waals surface area (Å²) in [4.78, 5) is 0.164. The molecular weight excluding hydrogens is 251 g/mol. The van der Waals surface area contributed by atoms with Crippen LogP contribution in [0.15, 0.2) is 29.2 Å². The number of nitrogens with one attached hydrogen (secondary N) is 1. The van der Waals surface area contributed by atoms with Crippen LogP contribution in [0.3, 0.4) is 0 Å². The van der Waals surface area contributed by atoms with Gasteiger partial charge in [0.25, 0.3) is 0 Å². The summed E-state index contributed by atoms with van der Waals surface area (Å²) in [6.07, 6.45) is 1.32. The van der Waals surface area contributed by atoms with Crippen LogP contribution in [-0.4, -0.2) is 22.8 Å². The molecule has 0 unspecified atom stereocenters. The summed E-state index contributed by atoms with van der Waals surface area (Å²) in [5.41, 5.74) is -3.51. The van der Waals surface area contributed by atoms with Gasteiger partial charge in [-0.1, -0.05) is 0 Å². The third kappa shape index (κ3) is 3.54. The molecule has 0 aliphatic heterocycles. The molecule has 0 radical (unpaired) electrons. The van der Waals surface area contributed by atoms with Crippen molar-refractivity contribution in [2.75, 3.05) is 5.32 Å². The highest BCUT2D eigenvalue weighted by Crippen LogP contribution is 2.37. The minimum atomic E-state index is -4.25. The Bertz CT molecular complexity index is 379. The van der Waals surface area contributed by atoms with Gasteiger partial charge in [-0.05, 0) is 48.9 Å². The predicted molar refractivity (Wildman–Crippen MR) is 61.0 cm³/mol. The van der Waals surface area contributed by atoms with E-state index in [2.05, 4.69) is 5.32 Å². The molecule has 2 N–H and O–H groups in total. The van der Waals surface area contributed by atoms with E-state index in [-0.39, 0.29) is 28.8 Å². The first-order valence-electron chi connectivity index (χ1n) is 5.24. The smallest absolute Gasteiger partial charge is 0.391 e. The summed E-state index contributed by atoms with van der Waals surface area (Å²) >= 11 is -0.129. The molecule has 1 aromatic carbocycles. The van der Waals surface area contributed by atoms with Crippen molar-refractivity contribution in [3.8, 4) is 0 Å². The minimum absolute atomic E-state index is 0.0242. The molecule has 1 aromatic rings. The van der Waals surface area contributed by atoms with Crippen molar-refractivity contribution in [1.29, 1.82) is 0 Å². The van der Waals surface area contributed by atoms with Gasteiger partial charge < -0.3 is 10.4 Å². The second-order valence-corrected chi connectivity index (χ2v) is 5.11. The Morgan fingerprint density at radius 2 is 1.82 bits per heavy atom. The van der Waals surface area contributed by atoms with Crippen LogP contribution in [0.5, 0.6) is 0 Å². The van der Waals surface area contributed by atoms with Crippen molar-refractivity contribution in [2.24, 2.45) is 0 Å². The van der Waals surface area contributed by atoms with Gasteiger partial charge in [0, 0.05) is 10.6 Å². The molecule has 0 amide bonds. The van der Waals surface area contributed by atoms with Gasteiger partial charge in [-0.25, -0.2) is 0 Å². The van der Waals surface area contributed by atoms with Gasteiger partial charge in [-0.15, -0.1) is 0 Å². The molecule has 94 valence electrons. The fourth-order valence-corrected chi connectivity index (χ4v) is 2.16. The van der Waals surface area contributed by atoms with Gasteiger partial charge in [0.15, 0.2) is 0 Å². The Morgan fingerprint density at radius 1 is 1.18 bits per heavy atom. The number of aliphatic hydroxyl groups is 1. The predicted octanol–water partition coefficient (Wildman–Crippen LogP) is 3.23. The first kappa shape index (κ1) is 12.6. The largest absolute Gasteiger partial charge is 0.446 e. The highest BCUT2D eigenvalue weighted by Gasteiger charge is 2.30. The standard InChI is InChI=1S/C11H12F3NOS/c12-11(13,14)17-8-3-1-7(2-4-8)15-9-5-6-10(9)16/h1-4,9-10,15-16H,5-6H2/t9-,10-/m0/s1. The lowest BCUT2D eigenvalue weighted by atomic mass is 9.89. The molecule has 0 aromatic heterocycles. The lowest BCUT2D eigenvalue weighted by molar-refractivity contribution is -0.0328. The fraction of sp³-hybridized carbons (Fsp3) is 0.455. The maximum Gasteiger partial charge on any atom is 0.446 e. The van der Waals surface area contributed by atoms with Crippen molar-refractivity contribution in [2.45, 2.75) is 35.4 Å². The van der Waals surface area contributed by atoms with Crippen LogP contribution < -0.4 is 5.32 Å². The van der Waals surface area contributed by atoms with Gasteiger partial charge in [0.2, 0.25) is 0 Å². The van der Waals surface area contributed by atoms with Crippen molar-refractivity contribution in [1.82, 2.24) is 0 Å². The number of rotatable bonds is 3. The summed E-state index contributed by atoms with van der Waals surface area (Å²) in [5.74, 6) is 0. The van der Waals surface area contributed by atoms with Crippen LogP contribution in [0.25, 0.3) is 0 Å². The minimum Gasteiger partial charge on any atom is -0.391 e. The van der Waals surface area contributed by atoms with Crippen LogP contribution in [0.2, 0.25) is 0 Å². The summed E-state index contributed by atoms with van der Waals surface area (Å²) in [6.45, 7) is 0. The SMILES string of the molecule is O[C@H]1CC[C@@H]1Nc1ccc(SC(F)(F)F)cc1. The van der Waals surface area contributed by atoms with E-state index in [1.165, 1.54) is 12.1 Å². The number of hydrogen-bond donors (Lipinski definition) is 2. The lowest BCUT2D eigenvalue weighted by Crippen LogP contribution is -2.42. The average molecular weight is 263 g/mol. The maximum absolute atomic E-state index is 12.1. The fourth-order valence-electron chi connectivity index (χ4n) is 1.62. The monoisotopic (exact) mass is 263 g/mol. The maximum atomic E-state index is 12.1. The molecule has 0 spiro atoms. The molecule has 0 saturated heterocycles. The number of hydrogen-bond acceptors (Lipinski definition) is 3. The van der Waals surface area contributed by atoms with Crippen molar-refractivity contribution >= 4 is 17.4 Å². The van der Waals surface area contributed by atoms with E-state index in [9.17, 15) is 18.3 Å². The van der Waals surface area contributed by atoms with E-state index in [4.69, 9.17) is 0 Å². The first-order valence-corrected chi connectivity index (χ1v) is 6.06. The van der Waals surface area contributed by atoms with Gasteiger partial charge in [0.05, 0.1) is 12.1 Å². The van der Waals surface area contributed by atoms with E-state index in [1.54, 1.807) is 12.1 Å². The summed E-state index contributed by atoms with van der Waals surface area (Å²) < 4.78 is 36.2. The van der Waals surface area contributed by atoms with E-state index >= 15 is 0 Å². The Hall–Kier alpha value is -0.880. The Labute approximate surface area is 101 Å². The molecule has 1 aliphatic rings. The first-order chi connectivity index (χ1) is 7.94. The van der Waals surface area contributed by atoms with Crippen molar-refractivity contribution < 1.29 is 18.3 Å². The van der Waals surface area contributed by atoms with E-state index in [0.717, 1.165) is 18.5 Å². The van der Waals surface area contributed by atoms with Gasteiger partial charge in [0.1, 0.15) is 0 Å². The molecule has 2 nitrogen and oxygen atoms in total. The molecule has 1 fully saturated rings. The van der Waals surface area contributed by atoms with Gasteiger partial charge >= 0.3 is 5.51 Å². The van der Waals surface area contributed by atoms with Crippen molar-refractivity contribution in [3.63, 3.8) is 0 Å². The van der Waals surface area contributed by atoms with Crippen LogP contribution in [-0.2, 0) is 0 Å². The zero-order valence-corrected chi connectivity index (χ0v) is 9.68. The normalized spacial score (nSPS) is 24.2. The molecule has 2 rings (SSSR count). The Balaban J connectivity index is 1.93. The topological polar surface area (TPSA) is 32.3 Å². The molecule has 17 heavy (non-hydrogen) atoms. The van der Waals surface area contributed by atoms with Crippen LogP contribution >= 0.6 is 11.8 Å². The summed E-state index contributed by atoms with van der Waals surface area (Å²) in [7, 11) is 0. The molecule has 1 aliphatic carbocycles. The van der Waals surface area contributed by atoms with E-state index in [0.29, 0.717) is 0 Å². The number of halogens is 3. The molecular formula is C11H12F3NOS. The quantitative estimate of drug-likeness (QED) is 0.821. The van der Waals surface area contributed by atoms with Crippen LogP contribution in [0.1, 0.15) is 12.8 Å². The number of alkyl halides is 3. The summed E-state index contributed by atoms with van der Waals surface area (Å²) in [5, 5.41) is 12.4. The third-order valence-electron chi connectivity index (χ3n) is 2.68. The Kier molecular flexibility index (Phi) is 3.53. The van der Waals surface area contributed by atoms with Crippen LogP contribution in [0.4, 0.5) is 18.9 Å².